The minimum absolute atomic E-state index is 0.0187. The molecule has 0 spiro atoms. The van der Waals surface area contributed by atoms with Crippen LogP contribution in [0.15, 0.2) is 23.6 Å². The molecule has 1 saturated carbocycles. The molecule has 0 saturated heterocycles. The van der Waals surface area contributed by atoms with Gasteiger partial charge in [-0.25, -0.2) is 4.98 Å². The van der Waals surface area contributed by atoms with Gasteiger partial charge >= 0.3 is 5.97 Å². The van der Waals surface area contributed by atoms with Crippen LogP contribution in [0.2, 0.25) is 0 Å². The van der Waals surface area contributed by atoms with Gasteiger partial charge < -0.3 is 19.5 Å². The Bertz CT molecular complexity index is 831. The summed E-state index contributed by atoms with van der Waals surface area (Å²) in [5, 5.41) is 5.39. The van der Waals surface area contributed by atoms with Crippen molar-refractivity contribution in [3.8, 4) is 22.1 Å². The molecule has 8 heteroatoms. The number of rotatable bonds is 8. The molecule has 7 nitrogen and oxygen atoms in total. The monoisotopic (exact) mass is 390 g/mol. The number of benzene rings is 1. The second-order valence-electron chi connectivity index (χ2n) is 6.31. The number of aromatic nitrogens is 1. The average molecular weight is 390 g/mol. The van der Waals surface area contributed by atoms with Gasteiger partial charge in [0.1, 0.15) is 5.01 Å². The fraction of sp³-hybridized carbons (Fsp3) is 0.421. The fourth-order valence-electron chi connectivity index (χ4n) is 2.48. The SMILES string of the molecule is COc1ccc(-c2nc(CC(=O)O[C@@H](C)C(=O)NC3CC3)cs2)cc1OC. The lowest BCUT2D eigenvalue weighted by Gasteiger charge is -2.12. The van der Waals surface area contributed by atoms with E-state index in [0.717, 1.165) is 23.4 Å². The van der Waals surface area contributed by atoms with Crippen molar-refractivity contribution >= 4 is 23.2 Å². The molecule has 0 bridgehead atoms. The van der Waals surface area contributed by atoms with Gasteiger partial charge in [0.05, 0.1) is 26.3 Å². The summed E-state index contributed by atoms with van der Waals surface area (Å²) in [5.74, 6) is 0.523. The van der Waals surface area contributed by atoms with Crippen molar-refractivity contribution in [2.24, 2.45) is 0 Å². The summed E-state index contributed by atoms with van der Waals surface area (Å²) in [6, 6.07) is 5.77. The number of carbonyl (C=O) groups excluding carboxylic acids is 2. The first-order chi connectivity index (χ1) is 13.0. The zero-order valence-electron chi connectivity index (χ0n) is 15.5. The van der Waals surface area contributed by atoms with E-state index in [0.29, 0.717) is 17.2 Å². The zero-order valence-corrected chi connectivity index (χ0v) is 16.3. The van der Waals surface area contributed by atoms with E-state index >= 15 is 0 Å². The number of amides is 1. The largest absolute Gasteiger partial charge is 0.493 e. The number of methoxy groups -OCH3 is 2. The number of hydrogen-bond donors (Lipinski definition) is 1. The zero-order chi connectivity index (χ0) is 19.4. The van der Waals surface area contributed by atoms with Gasteiger partial charge in [0.15, 0.2) is 17.6 Å². The third kappa shape index (κ3) is 4.97. The lowest BCUT2D eigenvalue weighted by Crippen LogP contribution is -2.37. The molecule has 144 valence electrons. The van der Waals surface area contributed by atoms with E-state index in [1.165, 1.54) is 11.3 Å². The molecule has 1 aromatic heterocycles. The molecule has 1 atom stereocenters. The summed E-state index contributed by atoms with van der Waals surface area (Å²) in [4.78, 5) is 28.4. The number of ether oxygens (including phenoxy) is 3. The normalized spacial score (nSPS) is 14.3. The maximum atomic E-state index is 12.1. The third-order valence-corrected chi connectivity index (χ3v) is 5.05. The van der Waals surface area contributed by atoms with Crippen molar-refractivity contribution in [3.63, 3.8) is 0 Å². The number of esters is 1. The van der Waals surface area contributed by atoms with Crippen LogP contribution in [0.1, 0.15) is 25.5 Å². The van der Waals surface area contributed by atoms with Crippen molar-refractivity contribution < 1.29 is 23.8 Å². The number of hydrogen-bond acceptors (Lipinski definition) is 7. The van der Waals surface area contributed by atoms with Crippen molar-refractivity contribution in [1.82, 2.24) is 10.3 Å². The predicted molar refractivity (Wildman–Crippen MR) is 101 cm³/mol. The van der Waals surface area contributed by atoms with E-state index in [1.54, 1.807) is 21.1 Å². The molecule has 1 fully saturated rings. The highest BCUT2D eigenvalue weighted by Crippen LogP contribution is 2.33. The summed E-state index contributed by atoms with van der Waals surface area (Å²) < 4.78 is 15.7. The number of nitrogens with one attached hydrogen (secondary N) is 1. The van der Waals surface area contributed by atoms with Crippen LogP contribution in [-0.2, 0) is 20.7 Å². The maximum absolute atomic E-state index is 12.1. The first-order valence-electron chi connectivity index (χ1n) is 8.66. The van der Waals surface area contributed by atoms with Crippen LogP contribution in [0.5, 0.6) is 11.5 Å². The van der Waals surface area contributed by atoms with Crippen LogP contribution < -0.4 is 14.8 Å². The summed E-state index contributed by atoms with van der Waals surface area (Å²) in [7, 11) is 3.15. The van der Waals surface area contributed by atoms with E-state index in [-0.39, 0.29) is 18.4 Å². The van der Waals surface area contributed by atoms with Crippen molar-refractivity contribution in [1.29, 1.82) is 0 Å². The lowest BCUT2D eigenvalue weighted by atomic mass is 10.2. The minimum atomic E-state index is -0.804. The number of thiazole rings is 1. The second kappa shape index (κ2) is 8.39. The quantitative estimate of drug-likeness (QED) is 0.697. The Morgan fingerprint density at radius 2 is 2.00 bits per heavy atom. The maximum Gasteiger partial charge on any atom is 0.312 e. The first kappa shape index (κ1) is 19.2. The Morgan fingerprint density at radius 1 is 1.26 bits per heavy atom. The molecule has 1 N–H and O–H groups in total. The predicted octanol–water partition coefficient (Wildman–Crippen LogP) is 2.58. The van der Waals surface area contributed by atoms with Crippen LogP contribution in [-0.4, -0.2) is 43.2 Å². The van der Waals surface area contributed by atoms with Gasteiger partial charge in [0, 0.05) is 17.0 Å². The molecule has 3 rings (SSSR count). The van der Waals surface area contributed by atoms with Gasteiger partial charge in [-0.3, -0.25) is 9.59 Å². The summed E-state index contributed by atoms with van der Waals surface area (Å²) in [6.45, 7) is 1.58. The van der Waals surface area contributed by atoms with Gasteiger partial charge in [0.25, 0.3) is 5.91 Å². The molecule has 0 unspecified atom stereocenters. The van der Waals surface area contributed by atoms with E-state index in [4.69, 9.17) is 14.2 Å². The molecule has 1 amide bonds. The van der Waals surface area contributed by atoms with E-state index in [2.05, 4.69) is 10.3 Å². The van der Waals surface area contributed by atoms with Crippen LogP contribution in [0.25, 0.3) is 10.6 Å². The molecule has 0 radical (unpaired) electrons. The number of nitrogens with zero attached hydrogens (tertiary/aromatic N) is 1. The molecule has 1 aliphatic carbocycles. The molecule has 0 aliphatic heterocycles. The average Bonchev–Trinajstić information content (AvgIpc) is 3.36. The highest BCUT2D eigenvalue weighted by atomic mass is 32.1. The smallest absolute Gasteiger partial charge is 0.312 e. The molecular weight excluding hydrogens is 368 g/mol. The highest BCUT2D eigenvalue weighted by Gasteiger charge is 2.27. The van der Waals surface area contributed by atoms with E-state index in [9.17, 15) is 9.59 Å². The molecule has 1 aromatic carbocycles. The van der Waals surface area contributed by atoms with Gasteiger partial charge in [-0.1, -0.05) is 0 Å². The Balaban J connectivity index is 1.60. The second-order valence-corrected chi connectivity index (χ2v) is 7.16. The first-order valence-corrected chi connectivity index (χ1v) is 9.54. The van der Waals surface area contributed by atoms with Crippen LogP contribution in [0, 0.1) is 0 Å². The van der Waals surface area contributed by atoms with Crippen molar-refractivity contribution in [2.45, 2.75) is 38.3 Å². The molecule has 27 heavy (non-hydrogen) atoms. The Hall–Kier alpha value is -2.61. The highest BCUT2D eigenvalue weighted by molar-refractivity contribution is 7.13. The van der Waals surface area contributed by atoms with E-state index in [1.807, 2.05) is 23.6 Å². The van der Waals surface area contributed by atoms with E-state index < -0.39 is 12.1 Å². The summed E-state index contributed by atoms with van der Waals surface area (Å²) in [5.41, 5.74) is 1.47. The molecule has 2 aromatic rings. The van der Waals surface area contributed by atoms with Crippen molar-refractivity contribution in [3.05, 3.63) is 29.3 Å². The van der Waals surface area contributed by atoms with Crippen LogP contribution in [0.3, 0.4) is 0 Å². The minimum Gasteiger partial charge on any atom is -0.493 e. The Kier molecular flexibility index (Phi) is 5.95. The van der Waals surface area contributed by atoms with Gasteiger partial charge in [-0.2, -0.15) is 0 Å². The van der Waals surface area contributed by atoms with Crippen LogP contribution >= 0.6 is 11.3 Å². The third-order valence-electron chi connectivity index (χ3n) is 4.11. The van der Waals surface area contributed by atoms with Gasteiger partial charge in [-0.05, 0) is 38.0 Å². The molecular formula is C19H22N2O5S. The fourth-order valence-corrected chi connectivity index (χ4v) is 3.29. The Labute approximate surface area is 161 Å². The standard InChI is InChI=1S/C19H22N2O5S/c1-11(18(23)20-13-5-6-13)26-17(22)9-14-10-27-19(21-14)12-4-7-15(24-2)16(8-12)25-3/h4,7-8,10-11,13H,5-6,9H2,1-3H3,(H,20,23)/t11-/m0/s1. The topological polar surface area (TPSA) is 86.8 Å². The van der Waals surface area contributed by atoms with Crippen LogP contribution in [0.4, 0.5) is 0 Å². The number of carbonyl (C=O) groups is 2. The summed E-state index contributed by atoms with van der Waals surface area (Å²) in [6.07, 6.45) is 1.20. The lowest BCUT2D eigenvalue weighted by molar-refractivity contribution is -0.154. The summed E-state index contributed by atoms with van der Waals surface area (Å²) >= 11 is 1.42. The molecule has 1 heterocycles. The molecule has 1 aliphatic rings. The Morgan fingerprint density at radius 3 is 2.67 bits per heavy atom. The van der Waals surface area contributed by atoms with Crippen molar-refractivity contribution in [2.75, 3.05) is 14.2 Å². The van der Waals surface area contributed by atoms with Gasteiger partial charge in [-0.15, -0.1) is 11.3 Å². The van der Waals surface area contributed by atoms with Gasteiger partial charge in [0.2, 0.25) is 0 Å².